The summed E-state index contributed by atoms with van der Waals surface area (Å²) in [6, 6.07) is 17.3. The average Bonchev–Trinajstić information content (AvgIpc) is 2.97. The van der Waals surface area contributed by atoms with Gasteiger partial charge in [0.15, 0.2) is 5.78 Å². The molecule has 218 valence electrons. The highest BCUT2D eigenvalue weighted by atomic mass is 16.2. The summed E-state index contributed by atoms with van der Waals surface area (Å²) in [7, 11) is 5.51. The van der Waals surface area contributed by atoms with Gasteiger partial charge in [0.1, 0.15) is 0 Å². The summed E-state index contributed by atoms with van der Waals surface area (Å²) in [5.74, 6) is -0.615. The Kier molecular flexibility index (Phi) is 10.8. The third-order valence-electron chi connectivity index (χ3n) is 7.75. The highest BCUT2D eigenvalue weighted by Crippen LogP contribution is 2.28. The number of imide groups is 1. The van der Waals surface area contributed by atoms with Crippen molar-refractivity contribution in [3.63, 3.8) is 0 Å². The lowest BCUT2D eigenvalue weighted by Crippen LogP contribution is -2.54. The van der Waals surface area contributed by atoms with E-state index in [-0.39, 0.29) is 11.7 Å². The SMILES string of the molecule is C=C/C=C/C(C(=O)N(C)C(C)=O)=C(/Nc1ccc(N(C)C(C)(C)C(=O)CN2CCN(C)CC2)cc1)c1ccccc1. The number of allylic oxidation sites excluding steroid dienone is 2. The van der Waals surface area contributed by atoms with Gasteiger partial charge in [0, 0.05) is 58.6 Å². The van der Waals surface area contributed by atoms with Crippen LogP contribution in [-0.4, -0.2) is 91.7 Å². The van der Waals surface area contributed by atoms with Gasteiger partial charge in [-0.1, -0.05) is 49.1 Å². The van der Waals surface area contributed by atoms with E-state index in [9.17, 15) is 14.4 Å². The van der Waals surface area contributed by atoms with E-state index in [1.54, 1.807) is 18.2 Å². The zero-order chi connectivity index (χ0) is 30.2. The molecule has 8 nitrogen and oxygen atoms in total. The highest BCUT2D eigenvalue weighted by molar-refractivity contribution is 6.11. The van der Waals surface area contributed by atoms with Crippen molar-refractivity contribution in [2.24, 2.45) is 0 Å². The molecule has 0 radical (unpaired) electrons. The van der Waals surface area contributed by atoms with E-state index in [2.05, 4.69) is 28.7 Å². The van der Waals surface area contributed by atoms with E-state index in [1.807, 2.05) is 80.4 Å². The van der Waals surface area contributed by atoms with Gasteiger partial charge >= 0.3 is 0 Å². The van der Waals surface area contributed by atoms with Crippen molar-refractivity contribution in [3.05, 3.63) is 90.5 Å². The summed E-state index contributed by atoms with van der Waals surface area (Å²) in [6.45, 7) is 13.2. The van der Waals surface area contributed by atoms with Crippen LogP contribution >= 0.6 is 0 Å². The van der Waals surface area contributed by atoms with Crippen LogP contribution in [0.3, 0.4) is 0 Å². The molecule has 1 aliphatic heterocycles. The summed E-state index contributed by atoms with van der Waals surface area (Å²) >= 11 is 0. The number of hydrogen-bond donors (Lipinski definition) is 1. The Hall–Kier alpha value is -4.01. The summed E-state index contributed by atoms with van der Waals surface area (Å²) in [4.78, 5) is 46.3. The minimum atomic E-state index is -0.695. The van der Waals surface area contributed by atoms with Gasteiger partial charge in [0.05, 0.1) is 23.4 Å². The normalized spacial score (nSPS) is 15.3. The molecule has 3 rings (SSSR count). The minimum Gasteiger partial charge on any atom is -0.362 e. The number of rotatable bonds is 11. The van der Waals surface area contributed by atoms with Gasteiger partial charge in [0.25, 0.3) is 5.91 Å². The van der Waals surface area contributed by atoms with Crippen LogP contribution in [0.4, 0.5) is 11.4 Å². The van der Waals surface area contributed by atoms with E-state index in [1.165, 1.54) is 14.0 Å². The van der Waals surface area contributed by atoms with Crippen LogP contribution < -0.4 is 10.2 Å². The van der Waals surface area contributed by atoms with Gasteiger partial charge in [-0.05, 0) is 56.8 Å². The molecule has 0 spiro atoms. The Labute approximate surface area is 244 Å². The average molecular weight is 558 g/mol. The zero-order valence-corrected chi connectivity index (χ0v) is 25.2. The zero-order valence-electron chi connectivity index (χ0n) is 25.2. The van der Waals surface area contributed by atoms with Crippen LogP contribution in [0.25, 0.3) is 5.70 Å². The predicted octanol–water partition coefficient (Wildman–Crippen LogP) is 4.29. The first-order valence-corrected chi connectivity index (χ1v) is 13.9. The number of carbonyl (C=O) groups excluding carboxylic acids is 3. The van der Waals surface area contributed by atoms with Crippen molar-refractivity contribution in [1.82, 2.24) is 14.7 Å². The van der Waals surface area contributed by atoms with Crippen LogP contribution in [0.2, 0.25) is 0 Å². The molecular weight excluding hydrogens is 514 g/mol. The number of Topliss-reactive ketones (excluding diaryl/α,β-unsaturated/α-hetero) is 1. The van der Waals surface area contributed by atoms with Gasteiger partial charge in [-0.3, -0.25) is 24.2 Å². The van der Waals surface area contributed by atoms with E-state index in [4.69, 9.17) is 0 Å². The number of hydrogen-bond acceptors (Lipinski definition) is 7. The number of ketones is 1. The van der Waals surface area contributed by atoms with Gasteiger partial charge in [0.2, 0.25) is 5.91 Å². The van der Waals surface area contributed by atoms with Gasteiger partial charge in [-0.25, -0.2) is 0 Å². The molecule has 0 aliphatic carbocycles. The first-order valence-electron chi connectivity index (χ1n) is 13.9. The van der Waals surface area contributed by atoms with Crippen molar-refractivity contribution in [1.29, 1.82) is 0 Å². The quantitative estimate of drug-likeness (QED) is 0.326. The van der Waals surface area contributed by atoms with E-state index >= 15 is 0 Å². The van der Waals surface area contributed by atoms with Crippen LogP contribution in [0, 0.1) is 0 Å². The number of nitrogens with zero attached hydrogens (tertiary/aromatic N) is 4. The maximum Gasteiger partial charge on any atom is 0.262 e. The number of nitrogens with one attached hydrogen (secondary N) is 1. The second-order valence-electron chi connectivity index (χ2n) is 10.9. The molecule has 0 atom stereocenters. The molecule has 1 saturated heterocycles. The van der Waals surface area contributed by atoms with E-state index in [0.29, 0.717) is 17.8 Å². The Morgan fingerprint density at radius 3 is 2.15 bits per heavy atom. The molecular formula is C33H43N5O3. The molecule has 1 heterocycles. The topological polar surface area (TPSA) is 76.2 Å². The molecule has 8 heteroatoms. The lowest BCUT2D eigenvalue weighted by molar-refractivity contribution is -0.139. The summed E-state index contributed by atoms with van der Waals surface area (Å²) in [5.41, 5.74) is 2.64. The van der Waals surface area contributed by atoms with Crippen LogP contribution in [0.5, 0.6) is 0 Å². The summed E-state index contributed by atoms with van der Waals surface area (Å²) in [5, 5.41) is 3.40. The molecule has 1 aliphatic rings. The first-order chi connectivity index (χ1) is 19.4. The van der Waals surface area contributed by atoms with Gasteiger partial charge in [-0.15, -0.1) is 0 Å². The van der Waals surface area contributed by atoms with Crippen LogP contribution in [0.1, 0.15) is 26.3 Å². The first kappa shape index (κ1) is 31.5. The number of benzene rings is 2. The number of anilines is 2. The number of carbonyl (C=O) groups is 3. The number of piperazine rings is 1. The molecule has 0 unspecified atom stereocenters. The third-order valence-corrected chi connectivity index (χ3v) is 7.75. The van der Waals surface area contributed by atoms with Crippen molar-refractivity contribution < 1.29 is 14.4 Å². The molecule has 2 amide bonds. The van der Waals surface area contributed by atoms with Crippen molar-refractivity contribution >= 4 is 34.7 Å². The lowest BCUT2D eigenvalue weighted by atomic mass is 9.95. The second-order valence-corrected chi connectivity index (χ2v) is 10.9. The largest absolute Gasteiger partial charge is 0.362 e. The standard InChI is InChI=1S/C33H43N5O3/c1-8-9-15-29(32(41)36(6)25(2)39)31(26-13-11-10-12-14-26)34-27-16-18-28(19-17-27)37(7)33(3,4)30(40)24-38-22-20-35(5)21-23-38/h8-19,34H,1,20-24H2,2-7H3/b15-9+,31-29-. The van der Waals surface area contributed by atoms with E-state index < -0.39 is 11.4 Å². The second kappa shape index (κ2) is 14.1. The Balaban J connectivity index is 1.88. The maximum absolute atomic E-state index is 13.3. The molecule has 2 aromatic rings. The molecule has 1 fully saturated rings. The smallest absolute Gasteiger partial charge is 0.262 e. The summed E-state index contributed by atoms with van der Waals surface area (Å²) < 4.78 is 0. The molecule has 0 aromatic heterocycles. The van der Waals surface area contributed by atoms with Crippen molar-refractivity contribution in [2.45, 2.75) is 26.3 Å². The molecule has 0 saturated carbocycles. The fourth-order valence-corrected chi connectivity index (χ4v) is 4.47. The molecule has 41 heavy (non-hydrogen) atoms. The summed E-state index contributed by atoms with van der Waals surface area (Å²) in [6.07, 6.45) is 4.91. The van der Waals surface area contributed by atoms with Gasteiger partial charge in [-0.2, -0.15) is 0 Å². The number of amides is 2. The molecule has 2 aromatic carbocycles. The van der Waals surface area contributed by atoms with Crippen molar-refractivity contribution in [3.8, 4) is 0 Å². The molecule has 1 N–H and O–H groups in total. The van der Waals surface area contributed by atoms with E-state index in [0.717, 1.165) is 48.0 Å². The lowest BCUT2D eigenvalue weighted by Gasteiger charge is -2.39. The third kappa shape index (κ3) is 8.02. The fourth-order valence-electron chi connectivity index (χ4n) is 4.47. The Morgan fingerprint density at radius 2 is 1.59 bits per heavy atom. The predicted molar refractivity (Wildman–Crippen MR) is 168 cm³/mol. The van der Waals surface area contributed by atoms with Crippen LogP contribution in [0.15, 0.2) is 85.0 Å². The Bertz CT molecular complexity index is 1290. The maximum atomic E-state index is 13.3. The monoisotopic (exact) mass is 557 g/mol. The minimum absolute atomic E-state index is 0.174. The fraction of sp³-hybridized carbons (Fsp3) is 0.364. The number of likely N-dealkylation sites (N-methyl/N-ethyl adjacent to an activating group) is 3. The van der Waals surface area contributed by atoms with Gasteiger partial charge < -0.3 is 15.1 Å². The van der Waals surface area contributed by atoms with Crippen molar-refractivity contribution in [2.75, 3.05) is 64.1 Å². The highest BCUT2D eigenvalue weighted by Gasteiger charge is 2.34. The van der Waals surface area contributed by atoms with Crippen LogP contribution in [-0.2, 0) is 14.4 Å². The molecule has 0 bridgehead atoms. The Morgan fingerprint density at radius 1 is 0.976 bits per heavy atom.